The predicted octanol–water partition coefficient (Wildman–Crippen LogP) is 2.94. The summed E-state index contributed by atoms with van der Waals surface area (Å²) >= 11 is 0. The molecule has 5 heteroatoms. The summed E-state index contributed by atoms with van der Waals surface area (Å²) in [5.74, 6) is -0.669. The fourth-order valence-corrected chi connectivity index (χ4v) is 3.74. The predicted molar refractivity (Wildman–Crippen MR) is 86.1 cm³/mol. The van der Waals surface area contributed by atoms with Crippen molar-refractivity contribution >= 4 is 5.91 Å². The van der Waals surface area contributed by atoms with Gasteiger partial charge in [0.1, 0.15) is 5.82 Å². The average molecular weight is 321 g/mol. The van der Waals surface area contributed by atoms with Gasteiger partial charge in [-0.15, -0.1) is 0 Å². The van der Waals surface area contributed by atoms with Crippen molar-refractivity contribution in [2.45, 2.75) is 12.5 Å². The van der Waals surface area contributed by atoms with E-state index in [1.807, 2.05) is 23.2 Å². The van der Waals surface area contributed by atoms with Crippen LogP contribution in [0.1, 0.15) is 27.5 Å². The standard InChI is InChI=1S/C19H16FN3O/c20-16-6-7-17-14(10-16)8-9-22-18(17)15(11-21)12-23(22)19(24)13-4-2-1-3-5-13/h1-7,10,15,18H,8-9,12H2/t15-,18+/m1/s1. The molecule has 24 heavy (non-hydrogen) atoms. The van der Waals surface area contributed by atoms with E-state index >= 15 is 0 Å². The number of carbonyl (C=O) groups excluding carboxylic acids is 1. The molecule has 0 N–H and O–H groups in total. The van der Waals surface area contributed by atoms with Crippen LogP contribution in [0.4, 0.5) is 4.39 Å². The highest BCUT2D eigenvalue weighted by Gasteiger charge is 2.45. The largest absolute Gasteiger partial charge is 0.269 e. The Bertz CT molecular complexity index is 830. The summed E-state index contributed by atoms with van der Waals surface area (Å²) in [7, 11) is 0. The Morgan fingerprint density at radius 1 is 1.21 bits per heavy atom. The lowest BCUT2D eigenvalue weighted by molar-refractivity contribution is -0.000515. The molecule has 2 aliphatic rings. The third-order valence-electron chi connectivity index (χ3n) is 4.84. The lowest BCUT2D eigenvalue weighted by Gasteiger charge is -2.36. The molecular weight excluding hydrogens is 305 g/mol. The number of hydrogen-bond acceptors (Lipinski definition) is 3. The molecule has 0 radical (unpaired) electrons. The van der Waals surface area contributed by atoms with Gasteiger partial charge in [0.2, 0.25) is 0 Å². The van der Waals surface area contributed by atoms with Crippen LogP contribution < -0.4 is 0 Å². The second-order valence-electron chi connectivity index (χ2n) is 6.19. The van der Waals surface area contributed by atoms with E-state index in [0.717, 1.165) is 11.1 Å². The molecule has 2 aliphatic heterocycles. The average Bonchev–Trinajstić information content (AvgIpc) is 3.00. The minimum absolute atomic E-state index is 0.0936. The van der Waals surface area contributed by atoms with Crippen molar-refractivity contribution in [3.63, 3.8) is 0 Å². The van der Waals surface area contributed by atoms with E-state index in [1.54, 1.807) is 29.3 Å². The highest BCUT2D eigenvalue weighted by atomic mass is 19.1. The molecule has 0 spiro atoms. The monoisotopic (exact) mass is 321 g/mol. The molecule has 2 aromatic rings. The van der Waals surface area contributed by atoms with Crippen LogP contribution in [0.3, 0.4) is 0 Å². The van der Waals surface area contributed by atoms with Gasteiger partial charge < -0.3 is 0 Å². The molecule has 1 saturated heterocycles. The number of carbonyl (C=O) groups is 1. The van der Waals surface area contributed by atoms with Gasteiger partial charge in [0.15, 0.2) is 0 Å². The van der Waals surface area contributed by atoms with Crippen molar-refractivity contribution in [1.82, 2.24) is 10.0 Å². The summed E-state index contributed by atoms with van der Waals surface area (Å²) in [5, 5.41) is 13.2. The number of benzene rings is 2. The molecule has 0 bridgehead atoms. The highest BCUT2D eigenvalue weighted by molar-refractivity contribution is 5.94. The van der Waals surface area contributed by atoms with E-state index in [0.29, 0.717) is 25.1 Å². The minimum atomic E-state index is -0.317. The number of fused-ring (bicyclic) bond motifs is 3. The Labute approximate surface area is 139 Å². The van der Waals surface area contributed by atoms with Gasteiger partial charge in [-0.05, 0) is 41.8 Å². The maximum Gasteiger partial charge on any atom is 0.268 e. The third kappa shape index (κ3) is 2.27. The zero-order chi connectivity index (χ0) is 16.7. The molecule has 0 aliphatic carbocycles. The van der Waals surface area contributed by atoms with Crippen LogP contribution in [-0.4, -0.2) is 29.0 Å². The van der Waals surface area contributed by atoms with Crippen LogP contribution in [0.25, 0.3) is 0 Å². The Kier molecular flexibility index (Phi) is 3.55. The second-order valence-corrected chi connectivity index (χ2v) is 6.19. The molecule has 1 amide bonds. The van der Waals surface area contributed by atoms with Crippen LogP contribution in [0, 0.1) is 23.1 Å². The van der Waals surface area contributed by atoms with Gasteiger partial charge in [0.05, 0.1) is 24.6 Å². The summed E-state index contributed by atoms with van der Waals surface area (Å²) in [6, 6.07) is 16.0. The number of hydrazine groups is 1. The minimum Gasteiger partial charge on any atom is -0.269 e. The molecule has 2 aromatic carbocycles. The van der Waals surface area contributed by atoms with Gasteiger partial charge in [-0.1, -0.05) is 24.3 Å². The second kappa shape index (κ2) is 5.73. The summed E-state index contributed by atoms with van der Waals surface area (Å²) in [4.78, 5) is 12.8. The molecule has 0 unspecified atom stereocenters. The molecule has 4 nitrogen and oxygen atoms in total. The maximum absolute atomic E-state index is 13.5. The van der Waals surface area contributed by atoms with Crippen LogP contribution in [0.2, 0.25) is 0 Å². The fourth-order valence-electron chi connectivity index (χ4n) is 3.74. The molecular formula is C19H16FN3O. The molecule has 1 fully saturated rings. The van der Waals surface area contributed by atoms with Crippen LogP contribution in [0.15, 0.2) is 48.5 Å². The summed E-state index contributed by atoms with van der Waals surface area (Å²) in [6.45, 7) is 0.976. The Morgan fingerprint density at radius 3 is 2.75 bits per heavy atom. The first-order chi connectivity index (χ1) is 11.7. The SMILES string of the molecule is N#C[C@@H]1CN(C(=O)c2ccccc2)N2CCc3cc(F)ccc3[C@H]12. The van der Waals surface area contributed by atoms with Crippen molar-refractivity contribution in [3.05, 3.63) is 71.0 Å². The number of rotatable bonds is 1. The first-order valence-electron chi connectivity index (χ1n) is 8.00. The zero-order valence-electron chi connectivity index (χ0n) is 13.0. The number of nitriles is 1. The van der Waals surface area contributed by atoms with E-state index in [2.05, 4.69) is 6.07 Å². The van der Waals surface area contributed by atoms with Gasteiger partial charge in [-0.3, -0.25) is 9.80 Å². The number of hydrogen-bond donors (Lipinski definition) is 0. The molecule has 120 valence electrons. The van der Waals surface area contributed by atoms with E-state index in [1.165, 1.54) is 6.07 Å². The third-order valence-corrected chi connectivity index (χ3v) is 4.84. The van der Waals surface area contributed by atoms with Gasteiger partial charge in [-0.25, -0.2) is 9.40 Å². The fraction of sp³-hybridized carbons (Fsp3) is 0.263. The first-order valence-corrected chi connectivity index (χ1v) is 8.00. The van der Waals surface area contributed by atoms with E-state index in [4.69, 9.17) is 0 Å². The molecule has 0 saturated carbocycles. The number of amides is 1. The van der Waals surface area contributed by atoms with Crippen molar-refractivity contribution in [2.24, 2.45) is 5.92 Å². The smallest absolute Gasteiger partial charge is 0.268 e. The van der Waals surface area contributed by atoms with Crippen molar-refractivity contribution in [1.29, 1.82) is 5.26 Å². The van der Waals surface area contributed by atoms with Crippen LogP contribution in [-0.2, 0) is 6.42 Å². The highest BCUT2D eigenvalue weighted by Crippen LogP contribution is 2.42. The summed E-state index contributed by atoms with van der Waals surface area (Å²) < 4.78 is 13.5. The van der Waals surface area contributed by atoms with Gasteiger partial charge in [-0.2, -0.15) is 5.26 Å². The molecule has 4 rings (SSSR count). The van der Waals surface area contributed by atoms with E-state index in [9.17, 15) is 14.4 Å². The lowest BCUT2D eigenvalue weighted by atomic mass is 9.88. The first kappa shape index (κ1) is 14.9. The normalized spacial score (nSPS) is 22.6. The van der Waals surface area contributed by atoms with Crippen LogP contribution in [0.5, 0.6) is 0 Å². The van der Waals surface area contributed by atoms with Gasteiger partial charge >= 0.3 is 0 Å². The van der Waals surface area contributed by atoms with E-state index < -0.39 is 0 Å². The van der Waals surface area contributed by atoms with E-state index in [-0.39, 0.29) is 23.7 Å². The Morgan fingerprint density at radius 2 is 2.00 bits per heavy atom. The maximum atomic E-state index is 13.5. The summed E-state index contributed by atoms with van der Waals surface area (Å²) in [5.41, 5.74) is 2.50. The van der Waals surface area contributed by atoms with Crippen molar-refractivity contribution in [3.8, 4) is 6.07 Å². The number of nitrogens with zero attached hydrogens (tertiary/aromatic N) is 3. The van der Waals surface area contributed by atoms with Crippen molar-refractivity contribution in [2.75, 3.05) is 13.1 Å². The lowest BCUT2D eigenvalue weighted by Crippen LogP contribution is -2.45. The zero-order valence-corrected chi connectivity index (χ0v) is 13.0. The molecule has 2 heterocycles. The molecule has 0 aromatic heterocycles. The summed E-state index contributed by atoms with van der Waals surface area (Å²) in [6.07, 6.45) is 0.667. The van der Waals surface area contributed by atoms with Crippen LogP contribution >= 0.6 is 0 Å². The molecule has 2 atom stereocenters. The Balaban J connectivity index is 1.71. The van der Waals surface area contributed by atoms with Gasteiger partial charge in [0, 0.05) is 12.1 Å². The number of halogens is 1. The Hall–Kier alpha value is -2.71. The van der Waals surface area contributed by atoms with Crippen molar-refractivity contribution < 1.29 is 9.18 Å². The quantitative estimate of drug-likeness (QED) is 0.811. The van der Waals surface area contributed by atoms with Gasteiger partial charge in [0.25, 0.3) is 5.91 Å². The topological polar surface area (TPSA) is 47.3 Å².